The Balaban J connectivity index is 1.67. The van der Waals surface area contributed by atoms with Crippen molar-refractivity contribution in [3.63, 3.8) is 0 Å². The molecule has 0 atom stereocenters. The molecule has 0 amide bonds. The second-order valence-electron chi connectivity index (χ2n) is 4.58. The highest BCUT2D eigenvalue weighted by molar-refractivity contribution is 6.33. The van der Waals surface area contributed by atoms with Gasteiger partial charge in [-0.3, -0.25) is 0 Å². The van der Waals surface area contributed by atoms with Crippen molar-refractivity contribution in [2.45, 2.75) is 6.61 Å². The van der Waals surface area contributed by atoms with E-state index in [0.29, 0.717) is 5.82 Å². The fourth-order valence-electron chi connectivity index (χ4n) is 1.88. The van der Waals surface area contributed by atoms with Crippen LogP contribution in [0.25, 0.3) is 11.4 Å². The third-order valence-electron chi connectivity index (χ3n) is 2.98. The SMILES string of the molecule is O=C(OCc1nc(-c2ccccc2)no1)c1ccc(F)cc1Cl. The zero-order valence-electron chi connectivity index (χ0n) is 11.7. The van der Waals surface area contributed by atoms with Gasteiger partial charge in [-0.15, -0.1) is 0 Å². The van der Waals surface area contributed by atoms with Crippen LogP contribution in [0, 0.1) is 5.82 Å². The van der Waals surface area contributed by atoms with E-state index >= 15 is 0 Å². The highest BCUT2D eigenvalue weighted by atomic mass is 35.5. The van der Waals surface area contributed by atoms with Gasteiger partial charge in [0.1, 0.15) is 5.82 Å². The number of halogens is 2. The molecule has 116 valence electrons. The molecule has 1 aromatic heterocycles. The Morgan fingerprint density at radius 1 is 1.22 bits per heavy atom. The fraction of sp³-hybridized carbons (Fsp3) is 0.0625. The van der Waals surface area contributed by atoms with Crippen molar-refractivity contribution in [1.29, 1.82) is 0 Å². The van der Waals surface area contributed by atoms with Crippen molar-refractivity contribution in [1.82, 2.24) is 10.1 Å². The number of carbonyl (C=O) groups is 1. The molecule has 0 N–H and O–H groups in total. The number of benzene rings is 2. The van der Waals surface area contributed by atoms with E-state index in [0.717, 1.165) is 17.7 Å². The lowest BCUT2D eigenvalue weighted by Crippen LogP contribution is -2.06. The number of aromatic nitrogens is 2. The van der Waals surface area contributed by atoms with Crippen LogP contribution < -0.4 is 0 Å². The lowest BCUT2D eigenvalue weighted by Gasteiger charge is -2.03. The zero-order valence-corrected chi connectivity index (χ0v) is 12.5. The number of ether oxygens (including phenoxy) is 1. The maximum Gasteiger partial charge on any atom is 0.340 e. The number of hydrogen-bond acceptors (Lipinski definition) is 5. The van der Waals surface area contributed by atoms with Gasteiger partial charge in [-0.1, -0.05) is 47.1 Å². The predicted molar refractivity (Wildman–Crippen MR) is 80.3 cm³/mol. The molecular formula is C16H10ClFN2O3. The Hall–Kier alpha value is -2.73. The number of hydrogen-bond donors (Lipinski definition) is 0. The molecular weight excluding hydrogens is 323 g/mol. The minimum atomic E-state index is -0.700. The van der Waals surface area contributed by atoms with Crippen molar-refractivity contribution < 1.29 is 18.4 Å². The molecule has 0 bridgehead atoms. The van der Waals surface area contributed by atoms with Crippen molar-refractivity contribution in [2.24, 2.45) is 0 Å². The van der Waals surface area contributed by atoms with Crippen LogP contribution in [0.3, 0.4) is 0 Å². The van der Waals surface area contributed by atoms with E-state index in [1.165, 1.54) is 6.07 Å². The molecule has 0 saturated carbocycles. The summed E-state index contributed by atoms with van der Waals surface area (Å²) in [5.41, 5.74) is 0.853. The third-order valence-corrected chi connectivity index (χ3v) is 3.29. The van der Waals surface area contributed by atoms with Gasteiger partial charge in [-0.25, -0.2) is 9.18 Å². The van der Waals surface area contributed by atoms with Crippen LogP contribution in [-0.4, -0.2) is 16.1 Å². The summed E-state index contributed by atoms with van der Waals surface area (Å²) in [4.78, 5) is 16.0. The van der Waals surface area contributed by atoms with E-state index in [2.05, 4.69) is 10.1 Å². The minimum absolute atomic E-state index is 0.0227. The smallest absolute Gasteiger partial charge is 0.340 e. The summed E-state index contributed by atoms with van der Waals surface area (Å²) in [5.74, 6) is -0.683. The van der Waals surface area contributed by atoms with Crippen molar-refractivity contribution in [3.05, 3.63) is 70.8 Å². The van der Waals surface area contributed by atoms with Gasteiger partial charge in [0.2, 0.25) is 5.82 Å². The van der Waals surface area contributed by atoms with Gasteiger partial charge in [0, 0.05) is 5.56 Å². The Labute approximate surface area is 135 Å². The molecule has 0 spiro atoms. The van der Waals surface area contributed by atoms with Gasteiger partial charge in [0.25, 0.3) is 5.89 Å². The molecule has 23 heavy (non-hydrogen) atoms. The van der Waals surface area contributed by atoms with Crippen molar-refractivity contribution in [3.8, 4) is 11.4 Å². The van der Waals surface area contributed by atoms with E-state index in [4.69, 9.17) is 20.9 Å². The van der Waals surface area contributed by atoms with Gasteiger partial charge in [-0.05, 0) is 18.2 Å². The lowest BCUT2D eigenvalue weighted by molar-refractivity contribution is 0.0430. The van der Waals surface area contributed by atoms with E-state index < -0.39 is 11.8 Å². The van der Waals surface area contributed by atoms with E-state index in [1.807, 2.05) is 30.3 Å². The molecule has 3 rings (SSSR count). The fourth-order valence-corrected chi connectivity index (χ4v) is 2.12. The molecule has 0 aliphatic rings. The van der Waals surface area contributed by atoms with Crippen LogP contribution in [0.4, 0.5) is 4.39 Å². The first-order valence-corrected chi connectivity index (χ1v) is 7.01. The first kappa shape index (κ1) is 15.2. The Kier molecular flexibility index (Phi) is 4.34. The zero-order chi connectivity index (χ0) is 16.2. The Bertz CT molecular complexity index is 836. The highest BCUT2D eigenvalue weighted by Crippen LogP contribution is 2.19. The average molecular weight is 333 g/mol. The predicted octanol–water partition coefficient (Wildman–Crippen LogP) is 3.89. The normalized spacial score (nSPS) is 10.5. The molecule has 7 heteroatoms. The van der Waals surface area contributed by atoms with Gasteiger partial charge in [0.15, 0.2) is 6.61 Å². The summed E-state index contributed by atoms with van der Waals surface area (Å²) < 4.78 is 23.0. The van der Waals surface area contributed by atoms with Crippen molar-refractivity contribution >= 4 is 17.6 Å². The standard InChI is InChI=1S/C16H10ClFN2O3/c17-13-8-11(18)6-7-12(13)16(21)22-9-14-19-15(20-23-14)10-4-2-1-3-5-10/h1-8H,9H2. The summed E-state index contributed by atoms with van der Waals surface area (Å²) in [5, 5.41) is 3.79. The van der Waals surface area contributed by atoms with Crippen LogP contribution in [0.1, 0.15) is 16.2 Å². The van der Waals surface area contributed by atoms with Gasteiger partial charge < -0.3 is 9.26 Å². The maximum atomic E-state index is 13.0. The van der Waals surface area contributed by atoms with Gasteiger partial charge >= 0.3 is 5.97 Å². The quantitative estimate of drug-likeness (QED) is 0.678. The van der Waals surface area contributed by atoms with Crippen LogP contribution in [0.5, 0.6) is 0 Å². The average Bonchev–Trinajstić information content (AvgIpc) is 3.02. The molecule has 0 saturated heterocycles. The Morgan fingerprint density at radius 3 is 2.74 bits per heavy atom. The summed E-state index contributed by atoms with van der Waals surface area (Å²) in [6.07, 6.45) is 0. The first-order chi connectivity index (χ1) is 11.1. The van der Waals surface area contributed by atoms with Gasteiger partial charge in [0.05, 0.1) is 10.6 Å². The molecule has 0 radical (unpaired) electrons. The molecule has 0 aliphatic carbocycles. The minimum Gasteiger partial charge on any atom is -0.452 e. The molecule has 2 aromatic carbocycles. The topological polar surface area (TPSA) is 65.2 Å². The number of rotatable bonds is 4. The monoisotopic (exact) mass is 332 g/mol. The maximum absolute atomic E-state index is 13.0. The summed E-state index contributed by atoms with van der Waals surface area (Å²) >= 11 is 5.80. The third kappa shape index (κ3) is 3.54. The summed E-state index contributed by atoms with van der Waals surface area (Å²) in [6.45, 7) is -0.202. The summed E-state index contributed by atoms with van der Waals surface area (Å²) in [7, 11) is 0. The highest BCUT2D eigenvalue weighted by Gasteiger charge is 2.15. The van der Waals surface area contributed by atoms with Crippen LogP contribution in [-0.2, 0) is 11.3 Å². The van der Waals surface area contributed by atoms with Gasteiger partial charge in [-0.2, -0.15) is 4.98 Å². The van der Waals surface area contributed by atoms with Crippen LogP contribution in [0.2, 0.25) is 5.02 Å². The molecule has 5 nitrogen and oxygen atoms in total. The molecule has 0 unspecified atom stereocenters. The van der Waals surface area contributed by atoms with Crippen LogP contribution in [0.15, 0.2) is 53.1 Å². The van der Waals surface area contributed by atoms with Crippen molar-refractivity contribution in [2.75, 3.05) is 0 Å². The molecule has 3 aromatic rings. The summed E-state index contributed by atoms with van der Waals surface area (Å²) in [6, 6.07) is 12.7. The number of esters is 1. The molecule has 0 aliphatic heterocycles. The van der Waals surface area contributed by atoms with E-state index in [1.54, 1.807) is 0 Å². The first-order valence-electron chi connectivity index (χ1n) is 6.63. The van der Waals surface area contributed by atoms with E-state index in [9.17, 15) is 9.18 Å². The lowest BCUT2D eigenvalue weighted by atomic mass is 10.2. The second kappa shape index (κ2) is 6.58. The van der Waals surface area contributed by atoms with E-state index in [-0.39, 0.29) is 23.1 Å². The number of nitrogens with zero attached hydrogens (tertiary/aromatic N) is 2. The Morgan fingerprint density at radius 2 is 2.00 bits per heavy atom. The largest absolute Gasteiger partial charge is 0.452 e. The van der Waals surface area contributed by atoms with Crippen LogP contribution >= 0.6 is 11.6 Å². The number of carbonyl (C=O) groups excluding carboxylic acids is 1. The molecule has 0 fully saturated rings. The second-order valence-corrected chi connectivity index (χ2v) is 4.99. The molecule has 1 heterocycles.